The van der Waals surface area contributed by atoms with Gasteiger partial charge in [0.25, 0.3) is 0 Å². The highest BCUT2D eigenvalue weighted by Gasteiger charge is 2.15. The lowest BCUT2D eigenvalue weighted by molar-refractivity contribution is 0.0368. The molecular weight excluding hydrogens is 264 g/mol. The number of morpholine rings is 1. The summed E-state index contributed by atoms with van der Waals surface area (Å²) in [5.41, 5.74) is 0.442. The first-order chi connectivity index (χ1) is 9.20. The van der Waals surface area contributed by atoms with Crippen LogP contribution in [0.1, 0.15) is 12.5 Å². The van der Waals surface area contributed by atoms with Crippen LogP contribution in [0.3, 0.4) is 0 Å². The predicted molar refractivity (Wildman–Crippen MR) is 74.3 cm³/mol. The zero-order valence-electron chi connectivity index (χ0n) is 10.9. The molecule has 2 heterocycles. The third-order valence-corrected chi connectivity index (χ3v) is 3.41. The lowest BCUT2D eigenvalue weighted by Gasteiger charge is -2.29. The van der Waals surface area contributed by atoms with Crippen LogP contribution in [0.25, 0.3) is 0 Å². The van der Waals surface area contributed by atoms with Crippen LogP contribution in [0.2, 0.25) is 5.02 Å². The molecular formula is C13H17ClN4O. The molecule has 0 aliphatic carbocycles. The number of nitrogens with one attached hydrogen (secondary N) is 1. The number of nitrogens with zero attached hydrogens (tertiary/aromatic N) is 3. The minimum absolute atomic E-state index is 0.206. The van der Waals surface area contributed by atoms with E-state index in [4.69, 9.17) is 21.6 Å². The van der Waals surface area contributed by atoms with Gasteiger partial charge in [-0.2, -0.15) is 5.26 Å². The molecule has 1 saturated heterocycles. The van der Waals surface area contributed by atoms with Gasteiger partial charge in [-0.25, -0.2) is 4.98 Å². The smallest absolute Gasteiger partial charge is 0.146 e. The Kier molecular flexibility index (Phi) is 4.97. The second kappa shape index (κ2) is 6.71. The van der Waals surface area contributed by atoms with Gasteiger partial charge in [0.2, 0.25) is 0 Å². The van der Waals surface area contributed by atoms with E-state index in [2.05, 4.69) is 28.2 Å². The van der Waals surface area contributed by atoms with Crippen molar-refractivity contribution in [3.8, 4) is 6.07 Å². The molecule has 1 atom stereocenters. The topological polar surface area (TPSA) is 61.2 Å². The Bertz CT molecular complexity index is 468. The van der Waals surface area contributed by atoms with Crippen LogP contribution in [-0.2, 0) is 4.74 Å². The first-order valence-corrected chi connectivity index (χ1v) is 6.69. The van der Waals surface area contributed by atoms with E-state index in [1.54, 1.807) is 12.3 Å². The highest BCUT2D eigenvalue weighted by atomic mass is 35.5. The number of aromatic nitrogens is 1. The number of pyridine rings is 1. The van der Waals surface area contributed by atoms with Gasteiger partial charge in [0.05, 0.1) is 18.8 Å². The van der Waals surface area contributed by atoms with E-state index in [1.165, 1.54) is 0 Å². The van der Waals surface area contributed by atoms with Crippen molar-refractivity contribution in [2.45, 2.75) is 13.0 Å². The fourth-order valence-corrected chi connectivity index (χ4v) is 2.29. The predicted octanol–water partition coefficient (Wildman–Crippen LogP) is 1.74. The van der Waals surface area contributed by atoms with E-state index in [0.29, 0.717) is 16.4 Å². The molecule has 6 heteroatoms. The van der Waals surface area contributed by atoms with Crippen molar-refractivity contribution in [1.29, 1.82) is 5.26 Å². The normalized spacial score (nSPS) is 17.7. The van der Waals surface area contributed by atoms with Crippen molar-refractivity contribution in [2.75, 3.05) is 38.2 Å². The zero-order valence-corrected chi connectivity index (χ0v) is 11.7. The van der Waals surface area contributed by atoms with Gasteiger partial charge in [0.1, 0.15) is 16.9 Å². The van der Waals surface area contributed by atoms with Gasteiger partial charge in [-0.1, -0.05) is 11.6 Å². The van der Waals surface area contributed by atoms with Crippen LogP contribution in [0.5, 0.6) is 0 Å². The number of anilines is 1. The van der Waals surface area contributed by atoms with E-state index in [1.807, 2.05) is 0 Å². The van der Waals surface area contributed by atoms with Gasteiger partial charge >= 0.3 is 0 Å². The van der Waals surface area contributed by atoms with Gasteiger partial charge in [-0.15, -0.1) is 0 Å². The van der Waals surface area contributed by atoms with Gasteiger partial charge in [0.15, 0.2) is 0 Å². The molecule has 0 amide bonds. The average molecular weight is 281 g/mol. The first kappa shape index (κ1) is 14.1. The highest BCUT2D eigenvalue weighted by molar-refractivity contribution is 6.34. The van der Waals surface area contributed by atoms with Crippen molar-refractivity contribution < 1.29 is 4.74 Å². The Labute approximate surface area is 118 Å². The lowest BCUT2D eigenvalue weighted by atomic mass is 10.2. The van der Waals surface area contributed by atoms with E-state index in [0.717, 1.165) is 32.8 Å². The highest BCUT2D eigenvalue weighted by Crippen LogP contribution is 2.23. The first-order valence-electron chi connectivity index (χ1n) is 6.32. The maximum atomic E-state index is 8.93. The molecule has 1 N–H and O–H groups in total. The van der Waals surface area contributed by atoms with Crippen LogP contribution in [0, 0.1) is 11.3 Å². The fourth-order valence-electron chi connectivity index (χ4n) is 2.08. The third-order valence-electron chi connectivity index (χ3n) is 3.03. The largest absolute Gasteiger partial charge is 0.379 e. The van der Waals surface area contributed by atoms with E-state index in [-0.39, 0.29) is 6.04 Å². The van der Waals surface area contributed by atoms with Crippen molar-refractivity contribution >= 4 is 17.4 Å². The summed E-state index contributed by atoms with van der Waals surface area (Å²) in [5.74, 6) is 0.571. The summed E-state index contributed by atoms with van der Waals surface area (Å²) in [6.45, 7) is 6.45. The van der Waals surface area contributed by atoms with Gasteiger partial charge < -0.3 is 10.1 Å². The molecule has 1 aliphatic rings. The average Bonchev–Trinajstić information content (AvgIpc) is 2.42. The third kappa shape index (κ3) is 3.80. The monoisotopic (exact) mass is 280 g/mol. The maximum absolute atomic E-state index is 8.93. The van der Waals surface area contributed by atoms with Gasteiger partial charge in [0, 0.05) is 31.9 Å². The van der Waals surface area contributed by atoms with Crippen LogP contribution in [0.15, 0.2) is 12.3 Å². The van der Waals surface area contributed by atoms with Crippen LogP contribution >= 0.6 is 11.6 Å². The molecule has 1 aromatic heterocycles. The summed E-state index contributed by atoms with van der Waals surface area (Å²) in [6.07, 6.45) is 1.59. The molecule has 1 aromatic rings. The molecule has 0 aromatic carbocycles. The molecule has 19 heavy (non-hydrogen) atoms. The minimum atomic E-state index is 0.206. The number of ether oxygens (including phenoxy) is 1. The number of halogens is 1. The molecule has 0 radical (unpaired) electrons. The van der Waals surface area contributed by atoms with Crippen LogP contribution in [-0.4, -0.2) is 48.8 Å². The van der Waals surface area contributed by atoms with E-state index in [9.17, 15) is 0 Å². The Hall–Kier alpha value is -1.35. The SMILES string of the molecule is CC(CN1CCOCC1)Nc1nccc(C#N)c1Cl. The summed E-state index contributed by atoms with van der Waals surface area (Å²) >= 11 is 6.11. The molecule has 5 nitrogen and oxygen atoms in total. The molecule has 0 spiro atoms. The molecule has 0 bridgehead atoms. The summed E-state index contributed by atoms with van der Waals surface area (Å²) in [5, 5.41) is 12.6. The number of nitriles is 1. The summed E-state index contributed by atoms with van der Waals surface area (Å²) in [7, 11) is 0. The maximum Gasteiger partial charge on any atom is 0.146 e. The van der Waals surface area contributed by atoms with E-state index < -0.39 is 0 Å². The number of hydrogen-bond acceptors (Lipinski definition) is 5. The van der Waals surface area contributed by atoms with Crippen molar-refractivity contribution in [1.82, 2.24) is 9.88 Å². The zero-order chi connectivity index (χ0) is 13.7. The van der Waals surface area contributed by atoms with Crippen LogP contribution in [0.4, 0.5) is 5.82 Å². The molecule has 1 fully saturated rings. The van der Waals surface area contributed by atoms with E-state index >= 15 is 0 Å². The number of rotatable bonds is 4. The summed E-state index contributed by atoms with van der Waals surface area (Å²) in [6, 6.07) is 3.87. The molecule has 1 unspecified atom stereocenters. The molecule has 0 saturated carbocycles. The standard InChI is InChI=1S/C13H17ClN4O/c1-10(9-18-4-6-19-7-5-18)17-13-12(14)11(8-15)2-3-16-13/h2-3,10H,4-7,9H2,1H3,(H,16,17). The lowest BCUT2D eigenvalue weighted by Crippen LogP contribution is -2.42. The second-order valence-electron chi connectivity index (χ2n) is 4.59. The Morgan fingerprint density at radius 3 is 3.00 bits per heavy atom. The quantitative estimate of drug-likeness (QED) is 0.910. The van der Waals surface area contributed by atoms with Gasteiger partial charge in [-0.05, 0) is 13.0 Å². The Morgan fingerprint density at radius 2 is 2.32 bits per heavy atom. The fraction of sp³-hybridized carbons (Fsp3) is 0.538. The van der Waals surface area contributed by atoms with Crippen LogP contribution < -0.4 is 5.32 Å². The second-order valence-corrected chi connectivity index (χ2v) is 4.97. The molecule has 102 valence electrons. The van der Waals surface area contributed by atoms with Crippen molar-refractivity contribution in [3.63, 3.8) is 0 Å². The molecule has 2 rings (SSSR count). The minimum Gasteiger partial charge on any atom is -0.379 e. The number of hydrogen-bond donors (Lipinski definition) is 1. The van der Waals surface area contributed by atoms with Crippen molar-refractivity contribution in [2.24, 2.45) is 0 Å². The van der Waals surface area contributed by atoms with Crippen molar-refractivity contribution in [3.05, 3.63) is 22.8 Å². The summed E-state index contributed by atoms with van der Waals surface area (Å²) < 4.78 is 5.32. The van der Waals surface area contributed by atoms with Gasteiger partial charge in [-0.3, -0.25) is 4.90 Å². The molecule has 1 aliphatic heterocycles. The Balaban J connectivity index is 1.95. The Morgan fingerprint density at radius 1 is 1.58 bits per heavy atom. The summed E-state index contributed by atoms with van der Waals surface area (Å²) in [4.78, 5) is 6.52.